The summed E-state index contributed by atoms with van der Waals surface area (Å²) in [5.41, 5.74) is 2.14. The molecule has 2 aromatic carbocycles. The molecule has 0 aliphatic heterocycles. The first-order valence-electron chi connectivity index (χ1n) is 7.85. The van der Waals surface area contributed by atoms with E-state index >= 15 is 0 Å². The van der Waals surface area contributed by atoms with Gasteiger partial charge in [-0.25, -0.2) is 0 Å². The number of methoxy groups -OCH3 is 1. The smallest absolute Gasteiger partial charge is 0.233 e. The lowest BCUT2D eigenvalue weighted by atomic mass is 10.1. The number of amides is 2. The molecule has 0 aromatic heterocycles. The van der Waals surface area contributed by atoms with Gasteiger partial charge in [0.15, 0.2) is 5.78 Å². The van der Waals surface area contributed by atoms with Crippen LogP contribution >= 0.6 is 11.6 Å². The Hall–Kier alpha value is -2.86. The van der Waals surface area contributed by atoms with Gasteiger partial charge in [-0.2, -0.15) is 0 Å². The van der Waals surface area contributed by atoms with Gasteiger partial charge < -0.3 is 15.4 Å². The van der Waals surface area contributed by atoms with Crippen molar-refractivity contribution < 1.29 is 19.1 Å². The minimum Gasteiger partial charge on any atom is -0.495 e. The summed E-state index contributed by atoms with van der Waals surface area (Å²) < 4.78 is 5.19. The Balaban J connectivity index is 2.02. The molecule has 2 aromatic rings. The largest absolute Gasteiger partial charge is 0.495 e. The molecule has 0 heterocycles. The molecule has 6 nitrogen and oxygen atoms in total. The van der Waals surface area contributed by atoms with Gasteiger partial charge in [-0.3, -0.25) is 14.4 Å². The molecule has 0 fully saturated rings. The zero-order valence-electron chi connectivity index (χ0n) is 14.7. The molecule has 7 heteroatoms. The topological polar surface area (TPSA) is 84.5 Å². The molecule has 0 saturated carbocycles. The third-order valence-corrected chi connectivity index (χ3v) is 4.04. The number of ketones is 1. The van der Waals surface area contributed by atoms with E-state index in [-0.39, 0.29) is 12.2 Å². The van der Waals surface area contributed by atoms with Crippen LogP contribution in [-0.4, -0.2) is 24.7 Å². The van der Waals surface area contributed by atoms with Crippen molar-refractivity contribution in [3.8, 4) is 5.75 Å². The molecule has 0 bridgehead atoms. The van der Waals surface area contributed by atoms with Crippen LogP contribution in [0, 0.1) is 6.92 Å². The molecule has 0 spiro atoms. The molecule has 0 unspecified atom stereocenters. The van der Waals surface area contributed by atoms with Crippen molar-refractivity contribution >= 4 is 40.6 Å². The van der Waals surface area contributed by atoms with Crippen LogP contribution in [0.2, 0.25) is 5.02 Å². The molecule has 0 atom stereocenters. The molecular formula is C19H19ClN2O4. The van der Waals surface area contributed by atoms with Crippen molar-refractivity contribution in [2.75, 3.05) is 17.7 Å². The molecule has 2 rings (SSSR count). The summed E-state index contributed by atoms with van der Waals surface area (Å²) in [6.45, 7) is 3.24. The standard InChI is InChI=1S/C19H19ClN2O4/c1-11-7-16(17(26-3)9-15(11)20)22-19(25)10-18(24)21-14-6-4-5-13(8-14)12(2)23/h4-9H,10H2,1-3H3,(H,21,24)(H,22,25). The van der Waals surface area contributed by atoms with Crippen molar-refractivity contribution in [1.82, 2.24) is 0 Å². The normalized spacial score (nSPS) is 10.2. The Morgan fingerprint density at radius 3 is 2.42 bits per heavy atom. The van der Waals surface area contributed by atoms with E-state index in [1.54, 1.807) is 43.3 Å². The summed E-state index contributed by atoms with van der Waals surface area (Å²) in [5, 5.41) is 5.75. The summed E-state index contributed by atoms with van der Waals surface area (Å²) in [6.07, 6.45) is -0.380. The second-order valence-electron chi connectivity index (χ2n) is 5.71. The Kier molecular flexibility index (Phi) is 6.36. The number of hydrogen-bond acceptors (Lipinski definition) is 4. The first-order chi connectivity index (χ1) is 12.3. The summed E-state index contributed by atoms with van der Waals surface area (Å²) >= 11 is 6.03. The van der Waals surface area contributed by atoms with Crippen LogP contribution in [0.15, 0.2) is 36.4 Å². The molecule has 2 N–H and O–H groups in total. The van der Waals surface area contributed by atoms with Gasteiger partial charge in [-0.05, 0) is 37.6 Å². The molecular weight excluding hydrogens is 356 g/mol. The Labute approximate surface area is 156 Å². The van der Waals surface area contributed by atoms with E-state index in [4.69, 9.17) is 16.3 Å². The van der Waals surface area contributed by atoms with Crippen LogP contribution in [0.5, 0.6) is 5.75 Å². The van der Waals surface area contributed by atoms with Crippen LogP contribution in [0.25, 0.3) is 0 Å². The molecule has 2 amide bonds. The number of nitrogens with one attached hydrogen (secondary N) is 2. The number of Topliss-reactive ketones (excluding diaryl/α,β-unsaturated/α-hetero) is 1. The Bertz CT molecular complexity index is 865. The number of hydrogen-bond donors (Lipinski definition) is 2. The summed E-state index contributed by atoms with van der Waals surface area (Å²) in [5.74, 6) is -0.689. The predicted molar refractivity (Wildman–Crippen MR) is 101 cm³/mol. The van der Waals surface area contributed by atoms with E-state index in [9.17, 15) is 14.4 Å². The SMILES string of the molecule is COc1cc(Cl)c(C)cc1NC(=O)CC(=O)Nc1cccc(C(C)=O)c1. The van der Waals surface area contributed by atoms with Gasteiger partial charge in [0.05, 0.1) is 12.8 Å². The van der Waals surface area contributed by atoms with Crippen molar-refractivity contribution in [3.63, 3.8) is 0 Å². The van der Waals surface area contributed by atoms with Crippen molar-refractivity contribution in [3.05, 3.63) is 52.5 Å². The maximum atomic E-state index is 12.1. The highest BCUT2D eigenvalue weighted by atomic mass is 35.5. The van der Waals surface area contributed by atoms with Gasteiger partial charge in [0.25, 0.3) is 0 Å². The minimum atomic E-state index is -0.495. The number of halogens is 1. The van der Waals surface area contributed by atoms with Crippen molar-refractivity contribution in [1.29, 1.82) is 0 Å². The lowest BCUT2D eigenvalue weighted by Gasteiger charge is -2.12. The lowest BCUT2D eigenvalue weighted by Crippen LogP contribution is -2.21. The van der Waals surface area contributed by atoms with Gasteiger partial charge >= 0.3 is 0 Å². The maximum absolute atomic E-state index is 12.1. The number of benzene rings is 2. The van der Waals surface area contributed by atoms with Gasteiger partial charge in [0, 0.05) is 22.3 Å². The second kappa shape index (κ2) is 8.49. The molecule has 0 aliphatic carbocycles. The van der Waals surface area contributed by atoms with Crippen molar-refractivity contribution in [2.45, 2.75) is 20.3 Å². The van der Waals surface area contributed by atoms with E-state index < -0.39 is 11.8 Å². The summed E-state index contributed by atoms with van der Waals surface area (Å²) in [4.78, 5) is 35.6. The Morgan fingerprint density at radius 1 is 1.08 bits per heavy atom. The Morgan fingerprint density at radius 2 is 1.77 bits per heavy atom. The van der Waals surface area contributed by atoms with Crippen molar-refractivity contribution in [2.24, 2.45) is 0 Å². The number of carbonyl (C=O) groups is 3. The fourth-order valence-corrected chi connectivity index (χ4v) is 2.44. The van der Waals surface area contributed by atoms with Crippen LogP contribution in [0.3, 0.4) is 0 Å². The zero-order valence-corrected chi connectivity index (χ0v) is 15.4. The summed E-state index contributed by atoms with van der Waals surface area (Å²) in [6, 6.07) is 9.79. The third-order valence-electron chi connectivity index (χ3n) is 3.63. The van der Waals surface area contributed by atoms with Gasteiger partial charge in [0.2, 0.25) is 11.8 Å². The monoisotopic (exact) mass is 374 g/mol. The van der Waals surface area contributed by atoms with Crippen LogP contribution in [0.4, 0.5) is 11.4 Å². The van der Waals surface area contributed by atoms with E-state index in [1.165, 1.54) is 14.0 Å². The summed E-state index contributed by atoms with van der Waals surface area (Å²) in [7, 11) is 1.46. The maximum Gasteiger partial charge on any atom is 0.233 e. The fraction of sp³-hybridized carbons (Fsp3) is 0.211. The number of rotatable bonds is 6. The molecule has 0 aliphatic rings. The predicted octanol–water partition coefficient (Wildman–Crippen LogP) is 3.83. The highest BCUT2D eigenvalue weighted by Gasteiger charge is 2.14. The molecule has 136 valence electrons. The van der Waals surface area contributed by atoms with Crippen LogP contribution in [-0.2, 0) is 9.59 Å². The molecule has 0 saturated heterocycles. The molecule has 0 radical (unpaired) electrons. The number of anilines is 2. The quantitative estimate of drug-likeness (QED) is 0.594. The van der Waals surface area contributed by atoms with Gasteiger partial charge in [0.1, 0.15) is 12.2 Å². The zero-order chi connectivity index (χ0) is 19.3. The minimum absolute atomic E-state index is 0.107. The first-order valence-corrected chi connectivity index (χ1v) is 8.22. The fourth-order valence-electron chi connectivity index (χ4n) is 2.29. The van der Waals surface area contributed by atoms with E-state index in [0.29, 0.717) is 27.7 Å². The first kappa shape index (κ1) is 19.5. The van der Waals surface area contributed by atoms with E-state index in [0.717, 1.165) is 5.56 Å². The molecule has 26 heavy (non-hydrogen) atoms. The van der Waals surface area contributed by atoms with Crippen LogP contribution < -0.4 is 15.4 Å². The van der Waals surface area contributed by atoms with Gasteiger partial charge in [-0.15, -0.1) is 0 Å². The number of ether oxygens (including phenoxy) is 1. The average Bonchev–Trinajstić information content (AvgIpc) is 2.57. The van der Waals surface area contributed by atoms with E-state index in [2.05, 4.69) is 10.6 Å². The number of carbonyl (C=O) groups excluding carboxylic acids is 3. The average molecular weight is 375 g/mol. The van der Waals surface area contributed by atoms with Gasteiger partial charge in [-0.1, -0.05) is 23.7 Å². The second-order valence-corrected chi connectivity index (χ2v) is 6.12. The van der Waals surface area contributed by atoms with Crippen LogP contribution in [0.1, 0.15) is 29.3 Å². The lowest BCUT2D eigenvalue weighted by molar-refractivity contribution is -0.123. The third kappa shape index (κ3) is 5.07. The highest BCUT2D eigenvalue weighted by Crippen LogP contribution is 2.31. The number of aryl methyl sites for hydroxylation is 1. The highest BCUT2D eigenvalue weighted by molar-refractivity contribution is 6.31. The van der Waals surface area contributed by atoms with E-state index in [1.807, 2.05) is 0 Å².